The minimum atomic E-state index is -0.738. The van der Waals surface area contributed by atoms with Crippen LogP contribution in [0.25, 0.3) is 0 Å². The maximum atomic E-state index is 12.2. The minimum absolute atomic E-state index is 0.290. The summed E-state index contributed by atoms with van der Waals surface area (Å²) >= 11 is 0. The van der Waals surface area contributed by atoms with Crippen LogP contribution in [-0.2, 0) is 27.3 Å². The second kappa shape index (κ2) is 12.0. The van der Waals surface area contributed by atoms with Crippen LogP contribution >= 0.6 is 0 Å². The molecule has 0 saturated heterocycles. The summed E-state index contributed by atoms with van der Waals surface area (Å²) < 4.78 is 16.6. The van der Waals surface area contributed by atoms with E-state index in [1.54, 1.807) is 20.8 Å². The van der Waals surface area contributed by atoms with Crippen LogP contribution in [0.3, 0.4) is 0 Å². The number of benzene rings is 2. The number of ether oxygens (including phenoxy) is 3. The average molecular weight is 429 g/mol. The van der Waals surface area contributed by atoms with E-state index in [2.05, 4.69) is 10.6 Å². The first-order chi connectivity index (χ1) is 14.8. The predicted octanol–water partition coefficient (Wildman–Crippen LogP) is 3.46. The van der Waals surface area contributed by atoms with Gasteiger partial charge in [0.15, 0.2) is 0 Å². The van der Waals surface area contributed by atoms with Crippen molar-refractivity contribution in [1.29, 1.82) is 0 Å². The normalized spacial score (nSPS) is 12.0. The van der Waals surface area contributed by atoms with Crippen molar-refractivity contribution in [2.24, 2.45) is 0 Å². The van der Waals surface area contributed by atoms with Gasteiger partial charge in [-0.1, -0.05) is 42.5 Å². The number of hydrogen-bond donors (Lipinski definition) is 2. The third kappa shape index (κ3) is 9.53. The molecular weight excluding hydrogens is 396 g/mol. The van der Waals surface area contributed by atoms with E-state index in [1.807, 2.05) is 54.6 Å². The van der Waals surface area contributed by atoms with Crippen molar-refractivity contribution in [2.75, 3.05) is 20.3 Å². The zero-order valence-corrected chi connectivity index (χ0v) is 18.6. The molecule has 2 rings (SSSR count). The van der Waals surface area contributed by atoms with Gasteiger partial charge in [0.05, 0.1) is 13.2 Å². The van der Waals surface area contributed by atoms with Crippen molar-refractivity contribution in [3.8, 4) is 5.75 Å². The topological polar surface area (TPSA) is 85.9 Å². The second-order valence-electron chi connectivity index (χ2n) is 8.05. The second-order valence-corrected chi connectivity index (χ2v) is 8.05. The van der Waals surface area contributed by atoms with E-state index in [0.717, 1.165) is 11.1 Å². The first-order valence-electron chi connectivity index (χ1n) is 10.3. The number of hydrogen-bond acceptors (Lipinski definition) is 5. The highest BCUT2D eigenvalue weighted by atomic mass is 16.6. The van der Waals surface area contributed by atoms with Crippen LogP contribution in [0.5, 0.6) is 5.75 Å². The van der Waals surface area contributed by atoms with E-state index in [-0.39, 0.29) is 5.91 Å². The Morgan fingerprint density at radius 1 is 0.935 bits per heavy atom. The van der Waals surface area contributed by atoms with E-state index in [0.29, 0.717) is 32.0 Å². The van der Waals surface area contributed by atoms with Crippen molar-refractivity contribution in [3.63, 3.8) is 0 Å². The van der Waals surface area contributed by atoms with E-state index >= 15 is 0 Å². The summed E-state index contributed by atoms with van der Waals surface area (Å²) in [4.78, 5) is 24.2. The fraction of sp³-hybridized carbons (Fsp3) is 0.417. The standard InChI is InChI=1S/C24H32N2O5/c1-24(2,3)31-23(28)26-21(22(27)25-4)16-18-10-12-20(13-11-18)30-15-14-29-17-19-8-6-5-7-9-19/h5-13,21H,14-17H2,1-4H3,(H,25,27)(H,26,28)/t21-/m0/s1. The van der Waals surface area contributed by atoms with Crippen LogP contribution in [0, 0.1) is 0 Å². The molecule has 0 radical (unpaired) electrons. The molecular formula is C24H32N2O5. The van der Waals surface area contributed by atoms with Gasteiger partial charge in [-0.25, -0.2) is 4.79 Å². The Bertz CT molecular complexity index is 816. The molecule has 2 aromatic carbocycles. The summed E-state index contributed by atoms with van der Waals surface area (Å²) in [6.07, 6.45) is -0.295. The highest BCUT2D eigenvalue weighted by Gasteiger charge is 2.24. The zero-order chi connectivity index (χ0) is 22.7. The lowest BCUT2D eigenvalue weighted by atomic mass is 10.1. The van der Waals surface area contributed by atoms with E-state index in [4.69, 9.17) is 14.2 Å². The molecule has 2 amide bonds. The summed E-state index contributed by atoms with van der Waals surface area (Å²) in [7, 11) is 1.53. The molecule has 7 nitrogen and oxygen atoms in total. The molecule has 2 aromatic rings. The minimum Gasteiger partial charge on any atom is -0.491 e. The SMILES string of the molecule is CNC(=O)[C@H](Cc1ccc(OCCOCc2ccccc2)cc1)NC(=O)OC(C)(C)C. The van der Waals surface area contributed by atoms with Crippen LogP contribution in [-0.4, -0.2) is 43.9 Å². The van der Waals surface area contributed by atoms with Gasteiger partial charge in [0.25, 0.3) is 0 Å². The Hall–Kier alpha value is -3.06. The molecule has 0 aromatic heterocycles. The Morgan fingerprint density at radius 2 is 1.61 bits per heavy atom. The number of alkyl carbamates (subject to hydrolysis) is 1. The van der Waals surface area contributed by atoms with Gasteiger partial charge < -0.3 is 24.8 Å². The molecule has 0 spiro atoms. The maximum Gasteiger partial charge on any atom is 0.408 e. The highest BCUT2D eigenvalue weighted by Crippen LogP contribution is 2.14. The molecule has 0 aliphatic heterocycles. The number of carbonyl (C=O) groups excluding carboxylic acids is 2. The Morgan fingerprint density at radius 3 is 2.23 bits per heavy atom. The quantitative estimate of drug-likeness (QED) is 0.566. The molecule has 0 heterocycles. The molecule has 31 heavy (non-hydrogen) atoms. The van der Waals surface area contributed by atoms with Gasteiger partial charge >= 0.3 is 6.09 Å². The van der Waals surface area contributed by atoms with Gasteiger partial charge in [0.2, 0.25) is 5.91 Å². The van der Waals surface area contributed by atoms with Crippen molar-refractivity contribution >= 4 is 12.0 Å². The summed E-state index contributed by atoms with van der Waals surface area (Å²) in [6, 6.07) is 16.6. The van der Waals surface area contributed by atoms with Crippen LogP contribution in [0.4, 0.5) is 4.79 Å². The maximum absolute atomic E-state index is 12.2. The van der Waals surface area contributed by atoms with Gasteiger partial charge in [0.1, 0.15) is 24.0 Å². The fourth-order valence-electron chi connectivity index (χ4n) is 2.77. The summed E-state index contributed by atoms with van der Waals surface area (Å²) in [6.45, 7) is 6.78. The fourth-order valence-corrected chi connectivity index (χ4v) is 2.77. The smallest absolute Gasteiger partial charge is 0.408 e. The zero-order valence-electron chi connectivity index (χ0n) is 18.6. The third-order valence-electron chi connectivity index (χ3n) is 4.22. The Labute approximate surface area is 184 Å². The predicted molar refractivity (Wildman–Crippen MR) is 119 cm³/mol. The molecule has 0 aliphatic rings. The lowest BCUT2D eigenvalue weighted by Crippen LogP contribution is -2.48. The number of amides is 2. The van der Waals surface area contributed by atoms with Gasteiger partial charge in [-0.05, 0) is 44.0 Å². The number of nitrogens with one attached hydrogen (secondary N) is 2. The molecule has 0 bridgehead atoms. The lowest BCUT2D eigenvalue weighted by molar-refractivity contribution is -0.122. The Balaban J connectivity index is 1.80. The summed E-state index contributed by atoms with van der Waals surface area (Å²) in [5, 5.41) is 5.20. The van der Waals surface area contributed by atoms with E-state index in [1.165, 1.54) is 7.05 Å². The average Bonchev–Trinajstić information content (AvgIpc) is 2.73. The monoisotopic (exact) mass is 428 g/mol. The highest BCUT2D eigenvalue weighted by molar-refractivity contribution is 5.85. The van der Waals surface area contributed by atoms with Crippen LogP contribution < -0.4 is 15.4 Å². The largest absolute Gasteiger partial charge is 0.491 e. The van der Waals surface area contributed by atoms with Gasteiger partial charge in [0, 0.05) is 13.5 Å². The lowest BCUT2D eigenvalue weighted by Gasteiger charge is -2.23. The van der Waals surface area contributed by atoms with E-state index < -0.39 is 17.7 Å². The van der Waals surface area contributed by atoms with Crippen LogP contribution in [0.15, 0.2) is 54.6 Å². The molecule has 168 valence electrons. The van der Waals surface area contributed by atoms with Gasteiger partial charge in [-0.3, -0.25) is 4.79 Å². The van der Waals surface area contributed by atoms with Crippen LogP contribution in [0.2, 0.25) is 0 Å². The van der Waals surface area contributed by atoms with Crippen LogP contribution in [0.1, 0.15) is 31.9 Å². The molecule has 0 unspecified atom stereocenters. The summed E-state index contributed by atoms with van der Waals surface area (Å²) in [5.41, 5.74) is 1.37. The van der Waals surface area contributed by atoms with Crippen molar-refractivity contribution in [3.05, 3.63) is 65.7 Å². The first kappa shape index (κ1) is 24.2. The number of rotatable bonds is 10. The number of carbonyl (C=O) groups is 2. The number of likely N-dealkylation sites (N-methyl/N-ethyl adjacent to an activating group) is 1. The van der Waals surface area contributed by atoms with Crippen molar-refractivity contribution in [1.82, 2.24) is 10.6 Å². The summed E-state index contributed by atoms with van der Waals surface area (Å²) in [5.74, 6) is 0.422. The molecule has 2 N–H and O–H groups in total. The molecule has 0 saturated carbocycles. The van der Waals surface area contributed by atoms with Gasteiger partial charge in [-0.15, -0.1) is 0 Å². The van der Waals surface area contributed by atoms with Crippen molar-refractivity contribution < 1.29 is 23.8 Å². The first-order valence-corrected chi connectivity index (χ1v) is 10.3. The van der Waals surface area contributed by atoms with Gasteiger partial charge in [-0.2, -0.15) is 0 Å². The molecule has 0 fully saturated rings. The molecule has 0 aliphatic carbocycles. The molecule has 1 atom stereocenters. The third-order valence-corrected chi connectivity index (χ3v) is 4.22. The molecule has 7 heteroatoms. The van der Waals surface area contributed by atoms with Crippen molar-refractivity contribution in [2.45, 2.75) is 45.4 Å². The van der Waals surface area contributed by atoms with E-state index in [9.17, 15) is 9.59 Å². The Kier molecular flexibility index (Phi) is 9.34.